The minimum atomic E-state index is -0.0494. The summed E-state index contributed by atoms with van der Waals surface area (Å²) in [7, 11) is 0. The molecule has 0 saturated carbocycles. The molecule has 2 aromatic rings. The van der Waals surface area contributed by atoms with Gasteiger partial charge in [0.25, 0.3) is 0 Å². The maximum Gasteiger partial charge on any atom is 0.193 e. The van der Waals surface area contributed by atoms with Crippen molar-refractivity contribution in [2.75, 3.05) is 5.75 Å². The summed E-state index contributed by atoms with van der Waals surface area (Å²) < 4.78 is 0. The van der Waals surface area contributed by atoms with E-state index in [2.05, 4.69) is 6.92 Å². The summed E-state index contributed by atoms with van der Waals surface area (Å²) in [5, 5.41) is 0.846. The first kappa shape index (κ1) is 14.4. The van der Waals surface area contributed by atoms with E-state index in [9.17, 15) is 4.79 Å². The third kappa shape index (κ3) is 3.53. The second-order valence-corrected chi connectivity index (χ2v) is 6.07. The molecule has 98 valence electrons. The molecule has 2 aromatic carbocycles. The number of hydrogen-bond acceptors (Lipinski definition) is 2. The van der Waals surface area contributed by atoms with Crippen LogP contribution in [0.4, 0.5) is 0 Å². The van der Waals surface area contributed by atoms with Crippen LogP contribution in [-0.2, 0) is 0 Å². The van der Waals surface area contributed by atoms with E-state index in [0.717, 1.165) is 10.6 Å². The largest absolute Gasteiger partial charge is 0.289 e. The number of hydrogen-bond donors (Lipinski definition) is 0. The van der Waals surface area contributed by atoms with Gasteiger partial charge >= 0.3 is 0 Å². The SMILES string of the molecule is CCSc1ccc(C(=O)c2ccc(Cl)c(Cl)c2)cc1. The number of ketones is 1. The lowest BCUT2D eigenvalue weighted by atomic mass is 10.0. The van der Waals surface area contributed by atoms with Crippen LogP contribution in [0.5, 0.6) is 0 Å². The predicted octanol–water partition coefficient (Wildman–Crippen LogP) is 5.34. The first-order valence-electron chi connectivity index (χ1n) is 5.84. The van der Waals surface area contributed by atoms with Gasteiger partial charge in [-0.25, -0.2) is 0 Å². The third-order valence-corrected chi connectivity index (χ3v) is 4.24. The van der Waals surface area contributed by atoms with E-state index >= 15 is 0 Å². The van der Waals surface area contributed by atoms with Crippen LogP contribution in [0.2, 0.25) is 10.0 Å². The molecule has 1 nitrogen and oxygen atoms in total. The zero-order chi connectivity index (χ0) is 13.8. The van der Waals surface area contributed by atoms with Gasteiger partial charge in [0.05, 0.1) is 10.0 Å². The zero-order valence-electron chi connectivity index (χ0n) is 10.3. The average Bonchev–Trinajstić information content (AvgIpc) is 2.42. The minimum absolute atomic E-state index is 0.0494. The van der Waals surface area contributed by atoms with Crippen LogP contribution in [0, 0.1) is 0 Å². The molecule has 4 heteroatoms. The fourth-order valence-electron chi connectivity index (χ4n) is 1.67. The topological polar surface area (TPSA) is 17.1 Å². The molecule has 0 aliphatic carbocycles. The van der Waals surface area contributed by atoms with Crippen molar-refractivity contribution in [1.82, 2.24) is 0 Å². The minimum Gasteiger partial charge on any atom is -0.289 e. The van der Waals surface area contributed by atoms with Gasteiger partial charge in [-0.05, 0) is 48.2 Å². The van der Waals surface area contributed by atoms with Crippen LogP contribution >= 0.6 is 35.0 Å². The maximum absolute atomic E-state index is 12.3. The van der Waals surface area contributed by atoms with Crippen molar-refractivity contribution < 1.29 is 4.79 Å². The number of halogens is 2. The number of carbonyl (C=O) groups excluding carboxylic acids is 1. The molecule has 0 amide bonds. The molecule has 0 N–H and O–H groups in total. The Labute approximate surface area is 126 Å². The predicted molar refractivity (Wildman–Crippen MR) is 82.7 cm³/mol. The molecule has 0 radical (unpaired) electrons. The quantitative estimate of drug-likeness (QED) is 0.560. The molecular formula is C15H12Cl2OS. The number of thioether (sulfide) groups is 1. The van der Waals surface area contributed by atoms with Gasteiger partial charge in [0.1, 0.15) is 0 Å². The van der Waals surface area contributed by atoms with Gasteiger partial charge in [-0.2, -0.15) is 0 Å². The van der Waals surface area contributed by atoms with E-state index in [1.165, 1.54) is 0 Å². The normalized spacial score (nSPS) is 10.5. The summed E-state index contributed by atoms with van der Waals surface area (Å²) in [5.41, 5.74) is 1.20. The Bertz CT molecular complexity index is 594. The van der Waals surface area contributed by atoms with Crippen LogP contribution < -0.4 is 0 Å². The molecule has 2 rings (SSSR count). The highest BCUT2D eigenvalue weighted by Crippen LogP contribution is 2.24. The van der Waals surface area contributed by atoms with E-state index in [0.29, 0.717) is 21.2 Å². The van der Waals surface area contributed by atoms with Gasteiger partial charge in [0.15, 0.2) is 5.78 Å². The Morgan fingerprint density at radius 3 is 2.21 bits per heavy atom. The standard InChI is InChI=1S/C15H12Cl2OS/c1-2-19-12-6-3-10(4-7-12)15(18)11-5-8-13(16)14(17)9-11/h3-9H,2H2,1H3. The fourth-order valence-corrected chi connectivity index (χ4v) is 2.63. The van der Waals surface area contributed by atoms with Crippen molar-refractivity contribution in [3.63, 3.8) is 0 Å². The van der Waals surface area contributed by atoms with E-state index in [4.69, 9.17) is 23.2 Å². The molecule has 0 fully saturated rings. The van der Waals surface area contributed by atoms with Crippen molar-refractivity contribution in [2.24, 2.45) is 0 Å². The Hall–Kier alpha value is -0.960. The molecular weight excluding hydrogens is 299 g/mol. The van der Waals surface area contributed by atoms with Gasteiger partial charge in [-0.15, -0.1) is 11.8 Å². The lowest BCUT2D eigenvalue weighted by Gasteiger charge is -2.04. The Morgan fingerprint density at radius 1 is 1.00 bits per heavy atom. The molecule has 0 spiro atoms. The second kappa shape index (κ2) is 6.47. The van der Waals surface area contributed by atoms with Gasteiger partial charge in [-0.3, -0.25) is 4.79 Å². The number of benzene rings is 2. The highest BCUT2D eigenvalue weighted by atomic mass is 35.5. The van der Waals surface area contributed by atoms with Gasteiger partial charge in [0, 0.05) is 16.0 Å². The summed E-state index contributed by atoms with van der Waals surface area (Å²) in [5.74, 6) is 0.965. The monoisotopic (exact) mass is 310 g/mol. The molecule has 0 atom stereocenters. The summed E-state index contributed by atoms with van der Waals surface area (Å²) in [6, 6.07) is 12.5. The average molecular weight is 311 g/mol. The Balaban J connectivity index is 2.25. The van der Waals surface area contributed by atoms with Crippen LogP contribution in [0.25, 0.3) is 0 Å². The van der Waals surface area contributed by atoms with Crippen molar-refractivity contribution in [2.45, 2.75) is 11.8 Å². The molecule has 19 heavy (non-hydrogen) atoms. The zero-order valence-corrected chi connectivity index (χ0v) is 12.6. The van der Waals surface area contributed by atoms with Crippen molar-refractivity contribution >= 4 is 40.7 Å². The summed E-state index contributed by atoms with van der Waals surface area (Å²) in [4.78, 5) is 13.4. The highest BCUT2D eigenvalue weighted by molar-refractivity contribution is 7.99. The lowest BCUT2D eigenvalue weighted by molar-refractivity contribution is 0.103. The number of carbonyl (C=O) groups is 1. The molecule has 0 saturated heterocycles. The Morgan fingerprint density at radius 2 is 1.63 bits per heavy atom. The maximum atomic E-state index is 12.3. The van der Waals surface area contributed by atoms with Gasteiger partial charge in [-0.1, -0.05) is 30.1 Å². The van der Waals surface area contributed by atoms with Crippen molar-refractivity contribution in [3.05, 3.63) is 63.6 Å². The summed E-state index contributed by atoms with van der Waals surface area (Å²) in [6.45, 7) is 2.10. The molecule has 0 heterocycles. The highest BCUT2D eigenvalue weighted by Gasteiger charge is 2.10. The van der Waals surface area contributed by atoms with E-state index < -0.39 is 0 Å². The van der Waals surface area contributed by atoms with E-state index in [1.807, 2.05) is 24.3 Å². The molecule has 0 unspecified atom stereocenters. The molecule has 0 aliphatic rings. The molecule has 0 aromatic heterocycles. The van der Waals surface area contributed by atoms with Gasteiger partial charge in [0.2, 0.25) is 0 Å². The van der Waals surface area contributed by atoms with Crippen LogP contribution in [0.15, 0.2) is 47.4 Å². The van der Waals surface area contributed by atoms with Crippen LogP contribution in [0.3, 0.4) is 0 Å². The summed E-state index contributed by atoms with van der Waals surface area (Å²) in [6.07, 6.45) is 0. The first-order valence-corrected chi connectivity index (χ1v) is 7.58. The van der Waals surface area contributed by atoms with E-state index in [1.54, 1.807) is 30.0 Å². The lowest BCUT2D eigenvalue weighted by Crippen LogP contribution is -2.00. The Kier molecular flexibility index (Phi) is 4.92. The fraction of sp³-hybridized carbons (Fsp3) is 0.133. The van der Waals surface area contributed by atoms with Crippen LogP contribution in [-0.4, -0.2) is 11.5 Å². The smallest absolute Gasteiger partial charge is 0.193 e. The second-order valence-electron chi connectivity index (χ2n) is 3.92. The third-order valence-electron chi connectivity index (χ3n) is 2.61. The van der Waals surface area contributed by atoms with Gasteiger partial charge < -0.3 is 0 Å². The van der Waals surface area contributed by atoms with E-state index in [-0.39, 0.29) is 5.78 Å². The first-order chi connectivity index (χ1) is 9.11. The number of rotatable bonds is 4. The van der Waals surface area contributed by atoms with Crippen LogP contribution in [0.1, 0.15) is 22.8 Å². The summed E-state index contributed by atoms with van der Waals surface area (Å²) >= 11 is 13.5. The van der Waals surface area contributed by atoms with Crippen molar-refractivity contribution in [1.29, 1.82) is 0 Å². The molecule has 0 aliphatic heterocycles. The van der Waals surface area contributed by atoms with Crippen molar-refractivity contribution in [3.8, 4) is 0 Å². The molecule has 0 bridgehead atoms.